The fourth-order valence-corrected chi connectivity index (χ4v) is 2.51. The van der Waals surface area contributed by atoms with Crippen molar-refractivity contribution < 1.29 is 17.9 Å². The summed E-state index contributed by atoms with van der Waals surface area (Å²) in [6.45, 7) is 2.93. The Morgan fingerprint density at radius 3 is 2.65 bits per heavy atom. The van der Waals surface area contributed by atoms with Gasteiger partial charge in [0.25, 0.3) is 0 Å². The molecule has 2 rings (SSSR count). The van der Waals surface area contributed by atoms with Crippen LogP contribution in [-0.4, -0.2) is 29.3 Å². The van der Waals surface area contributed by atoms with Gasteiger partial charge in [-0.3, -0.25) is 0 Å². The van der Waals surface area contributed by atoms with E-state index in [1.807, 2.05) is 6.92 Å². The van der Waals surface area contributed by atoms with Gasteiger partial charge in [0.05, 0.1) is 5.39 Å². The van der Waals surface area contributed by atoms with Crippen LogP contribution in [0.4, 0.5) is 19.1 Å². The van der Waals surface area contributed by atoms with Gasteiger partial charge in [-0.15, -0.1) is 11.3 Å². The van der Waals surface area contributed by atoms with Gasteiger partial charge in [-0.1, -0.05) is 6.92 Å². The fourth-order valence-electron chi connectivity index (χ4n) is 1.56. The lowest BCUT2D eigenvalue weighted by atomic mass is 10.3. The van der Waals surface area contributed by atoms with Crippen molar-refractivity contribution in [3.05, 3.63) is 10.9 Å². The Labute approximate surface area is 118 Å². The second-order valence-corrected chi connectivity index (χ2v) is 5.30. The van der Waals surface area contributed by atoms with Crippen LogP contribution in [0.5, 0.6) is 5.88 Å². The molecule has 0 spiro atoms. The monoisotopic (exact) mass is 305 g/mol. The molecule has 4 nitrogen and oxygen atoms in total. The van der Waals surface area contributed by atoms with E-state index in [1.165, 1.54) is 11.3 Å². The first-order valence-electron chi connectivity index (χ1n) is 6.06. The maximum atomic E-state index is 12.6. The summed E-state index contributed by atoms with van der Waals surface area (Å²) in [4.78, 5) is 9.85. The highest BCUT2D eigenvalue weighted by molar-refractivity contribution is 7.18. The smallest absolute Gasteiger partial charge is 0.425 e. The number of hydrogen-bond donors (Lipinski definition) is 1. The van der Waals surface area contributed by atoms with E-state index < -0.39 is 12.3 Å². The Bertz CT molecular complexity index is 612. The number of nitrogens with one attached hydrogen (secondary N) is 1. The maximum Gasteiger partial charge on any atom is 0.425 e. The van der Waals surface area contributed by atoms with Crippen molar-refractivity contribution in [1.29, 1.82) is 0 Å². The SMILES string of the molecule is CCc1cc2c(OC(C)C(F)(F)F)nc(NC)nc2s1. The molecule has 1 unspecified atom stereocenters. The van der Waals surface area contributed by atoms with Gasteiger partial charge in [0.2, 0.25) is 11.8 Å². The summed E-state index contributed by atoms with van der Waals surface area (Å²) >= 11 is 1.42. The van der Waals surface area contributed by atoms with Crippen molar-refractivity contribution in [3.63, 3.8) is 0 Å². The molecule has 1 N–H and O–H groups in total. The van der Waals surface area contributed by atoms with Gasteiger partial charge in [-0.05, 0) is 19.4 Å². The van der Waals surface area contributed by atoms with E-state index in [4.69, 9.17) is 4.74 Å². The molecular formula is C12H14F3N3OS. The molecule has 0 aliphatic rings. The molecule has 0 amide bonds. The molecular weight excluding hydrogens is 291 g/mol. The summed E-state index contributed by atoms with van der Waals surface area (Å²) in [6.07, 6.45) is -5.57. The van der Waals surface area contributed by atoms with Gasteiger partial charge in [0, 0.05) is 11.9 Å². The summed E-state index contributed by atoms with van der Waals surface area (Å²) < 4.78 is 42.8. The van der Waals surface area contributed by atoms with Crippen molar-refractivity contribution in [2.24, 2.45) is 0 Å². The summed E-state index contributed by atoms with van der Waals surface area (Å²) in [6, 6.07) is 1.78. The summed E-state index contributed by atoms with van der Waals surface area (Å²) in [5.41, 5.74) is 0. The number of hydrogen-bond acceptors (Lipinski definition) is 5. The Hall–Kier alpha value is -1.57. The minimum atomic E-state index is -4.43. The highest BCUT2D eigenvalue weighted by Crippen LogP contribution is 2.34. The molecule has 1 atom stereocenters. The van der Waals surface area contributed by atoms with Gasteiger partial charge in [-0.2, -0.15) is 18.2 Å². The molecule has 0 radical (unpaired) electrons. The summed E-state index contributed by atoms with van der Waals surface area (Å²) in [5.74, 6) is 0.200. The van der Waals surface area contributed by atoms with Crippen molar-refractivity contribution >= 4 is 27.5 Å². The van der Waals surface area contributed by atoms with Crippen molar-refractivity contribution in [3.8, 4) is 5.88 Å². The Morgan fingerprint density at radius 2 is 2.10 bits per heavy atom. The van der Waals surface area contributed by atoms with Gasteiger partial charge >= 0.3 is 6.18 Å². The van der Waals surface area contributed by atoms with E-state index in [2.05, 4.69) is 15.3 Å². The minimum Gasteiger partial charge on any atom is -0.464 e. The third-order valence-corrected chi connectivity index (χ3v) is 3.90. The number of aryl methyl sites for hydroxylation is 1. The molecule has 20 heavy (non-hydrogen) atoms. The van der Waals surface area contributed by atoms with Crippen LogP contribution in [-0.2, 0) is 6.42 Å². The highest BCUT2D eigenvalue weighted by atomic mass is 32.1. The van der Waals surface area contributed by atoms with Crippen LogP contribution in [0.25, 0.3) is 10.2 Å². The Balaban J connectivity index is 2.47. The van der Waals surface area contributed by atoms with E-state index in [0.29, 0.717) is 10.2 Å². The molecule has 8 heteroatoms. The third kappa shape index (κ3) is 2.95. The molecule has 2 aromatic rings. The zero-order chi connectivity index (χ0) is 14.9. The van der Waals surface area contributed by atoms with E-state index in [0.717, 1.165) is 18.2 Å². The number of ether oxygens (including phenoxy) is 1. The number of rotatable bonds is 4. The van der Waals surface area contributed by atoms with Crippen LogP contribution in [0.2, 0.25) is 0 Å². The quantitative estimate of drug-likeness (QED) is 0.937. The number of thiophene rings is 1. The van der Waals surface area contributed by atoms with E-state index in [9.17, 15) is 13.2 Å². The normalized spacial score (nSPS) is 13.5. The lowest BCUT2D eigenvalue weighted by Gasteiger charge is -2.17. The first kappa shape index (κ1) is 14.8. The molecule has 0 fully saturated rings. The molecule has 0 saturated carbocycles. The molecule has 2 aromatic heterocycles. The van der Waals surface area contributed by atoms with E-state index in [-0.39, 0.29) is 11.8 Å². The second kappa shape index (κ2) is 5.43. The van der Waals surface area contributed by atoms with Crippen molar-refractivity contribution in [2.75, 3.05) is 12.4 Å². The van der Waals surface area contributed by atoms with Crippen LogP contribution in [0.1, 0.15) is 18.7 Å². The number of alkyl halides is 3. The van der Waals surface area contributed by atoms with Crippen LogP contribution in [0, 0.1) is 0 Å². The van der Waals surface area contributed by atoms with Crippen LogP contribution in [0.3, 0.4) is 0 Å². The highest BCUT2D eigenvalue weighted by Gasteiger charge is 2.38. The number of anilines is 1. The predicted octanol–water partition coefficient (Wildman–Crippen LogP) is 3.63. The minimum absolute atomic E-state index is 0.0416. The number of halogens is 3. The Morgan fingerprint density at radius 1 is 1.40 bits per heavy atom. The Kier molecular flexibility index (Phi) is 4.03. The zero-order valence-electron chi connectivity index (χ0n) is 11.2. The van der Waals surface area contributed by atoms with Gasteiger partial charge in [0.1, 0.15) is 4.83 Å². The van der Waals surface area contributed by atoms with Crippen LogP contribution in [0.15, 0.2) is 6.07 Å². The zero-order valence-corrected chi connectivity index (χ0v) is 12.0. The average molecular weight is 305 g/mol. The number of fused-ring (bicyclic) bond motifs is 1. The molecule has 0 aliphatic carbocycles. The van der Waals surface area contributed by atoms with E-state index in [1.54, 1.807) is 13.1 Å². The van der Waals surface area contributed by atoms with Crippen molar-refractivity contribution in [2.45, 2.75) is 32.5 Å². The predicted molar refractivity (Wildman–Crippen MR) is 72.5 cm³/mol. The molecule has 0 aliphatic heterocycles. The summed E-state index contributed by atoms with van der Waals surface area (Å²) in [5, 5.41) is 3.24. The summed E-state index contributed by atoms with van der Waals surface area (Å²) in [7, 11) is 1.60. The maximum absolute atomic E-state index is 12.6. The fraction of sp³-hybridized carbons (Fsp3) is 0.500. The topological polar surface area (TPSA) is 47.0 Å². The molecule has 110 valence electrons. The second-order valence-electron chi connectivity index (χ2n) is 4.19. The molecule has 2 heterocycles. The largest absolute Gasteiger partial charge is 0.464 e. The average Bonchev–Trinajstić information content (AvgIpc) is 2.80. The van der Waals surface area contributed by atoms with Gasteiger partial charge in [0.15, 0.2) is 6.10 Å². The number of nitrogens with zero attached hydrogens (tertiary/aromatic N) is 2. The lowest BCUT2D eigenvalue weighted by molar-refractivity contribution is -0.189. The molecule has 0 aromatic carbocycles. The van der Waals surface area contributed by atoms with Crippen molar-refractivity contribution in [1.82, 2.24) is 9.97 Å². The van der Waals surface area contributed by atoms with Crippen LogP contribution < -0.4 is 10.1 Å². The third-order valence-electron chi connectivity index (χ3n) is 2.73. The molecule has 0 saturated heterocycles. The van der Waals surface area contributed by atoms with Gasteiger partial charge < -0.3 is 10.1 Å². The standard InChI is InChI=1S/C12H14F3N3OS/c1-4-7-5-8-9(19-6(2)12(13,14)15)17-11(16-3)18-10(8)20-7/h5-6H,4H2,1-3H3,(H,16,17,18). The van der Waals surface area contributed by atoms with E-state index >= 15 is 0 Å². The number of aromatic nitrogens is 2. The first-order chi connectivity index (χ1) is 9.35. The van der Waals surface area contributed by atoms with Crippen LogP contribution >= 0.6 is 11.3 Å². The van der Waals surface area contributed by atoms with Gasteiger partial charge in [-0.25, -0.2) is 4.98 Å². The first-order valence-corrected chi connectivity index (χ1v) is 6.88. The molecule has 0 bridgehead atoms. The lowest BCUT2D eigenvalue weighted by Crippen LogP contribution is -2.31.